The maximum absolute atomic E-state index is 6.02. The maximum atomic E-state index is 6.02. The summed E-state index contributed by atoms with van der Waals surface area (Å²) in [7, 11) is 2.03. The molecule has 1 atom stereocenters. The summed E-state index contributed by atoms with van der Waals surface area (Å²) in [5.41, 5.74) is 2.70. The molecule has 0 radical (unpaired) electrons. The van der Waals surface area contributed by atoms with E-state index < -0.39 is 0 Å². The van der Waals surface area contributed by atoms with Crippen LogP contribution in [0.5, 0.6) is 0 Å². The van der Waals surface area contributed by atoms with Gasteiger partial charge in [0.05, 0.1) is 0 Å². The van der Waals surface area contributed by atoms with Gasteiger partial charge in [0, 0.05) is 11.1 Å². The second-order valence-electron chi connectivity index (χ2n) is 4.10. The number of aryl methyl sites for hydroxylation is 1. The fraction of sp³-hybridized carbons (Fsp3) is 0.500. The van der Waals surface area contributed by atoms with E-state index in [9.17, 15) is 0 Å². The van der Waals surface area contributed by atoms with Gasteiger partial charge in [-0.15, -0.1) is 0 Å². The second kappa shape index (κ2) is 3.92. The van der Waals surface area contributed by atoms with Crippen LogP contribution in [-0.2, 0) is 0 Å². The topological polar surface area (TPSA) is 12.0 Å². The number of halogens is 1. The molecule has 0 aliphatic heterocycles. The van der Waals surface area contributed by atoms with Gasteiger partial charge in [0.2, 0.25) is 0 Å². The van der Waals surface area contributed by atoms with E-state index >= 15 is 0 Å². The molecule has 0 spiro atoms. The zero-order valence-corrected chi connectivity index (χ0v) is 9.43. The molecule has 1 aliphatic carbocycles. The Morgan fingerprint density at radius 1 is 1.43 bits per heavy atom. The van der Waals surface area contributed by atoms with E-state index in [-0.39, 0.29) is 0 Å². The number of benzene rings is 1. The molecular weight excluding hydrogens is 194 g/mol. The van der Waals surface area contributed by atoms with Crippen LogP contribution in [0.4, 0.5) is 0 Å². The highest BCUT2D eigenvalue weighted by Gasteiger charge is 2.31. The molecule has 14 heavy (non-hydrogen) atoms. The van der Waals surface area contributed by atoms with Crippen LogP contribution in [0.25, 0.3) is 0 Å². The number of nitrogens with one attached hydrogen (secondary N) is 1. The Bertz CT molecular complexity index is 331. The van der Waals surface area contributed by atoms with Gasteiger partial charge in [-0.1, -0.05) is 17.7 Å². The molecule has 0 saturated heterocycles. The molecule has 0 amide bonds. The van der Waals surface area contributed by atoms with Gasteiger partial charge < -0.3 is 5.32 Å². The molecular formula is C12H16ClN. The summed E-state index contributed by atoms with van der Waals surface area (Å²) in [6.45, 7) is 2.15. The van der Waals surface area contributed by atoms with Crippen molar-refractivity contribution in [2.24, 2.45) is 5.92 Å². The Labute approximate surface area is 90.5 Å². The average Bonchev–Trinajstić information content (AvgIpc) is 2.96. The van der Waals surface area contributed by atoms with Gasteiger partial charge in [-0.2, -0.15) is 0 Å². The second-order valence-corrected chi connectivity index (χ2v) is 4.54. The minimum Gasteiger partial charge on any atom is -0.313 e. The minimum absolute atomic E-state index is 0.494. The van der Waals surface area contributed by atoms with Crippen LogP contribution < -0.4 is 5.32 Å². The normalized spacial score (nSPS) is 18.2. The lowest BCUT2D eigenvalue weighted by atomic mass is 9.98. The van der Waals surface area contributed by atoms with E-state index in [0.717, 1.165) is 10.9 Å². The van der Waals surface area contributed by atoms with Crippen LogP contribution in [0, 0.1) is 12.8 Å². The van der Waals surface area contributed by atoms with Crippen LogP contribution >= 0.6 is 11.6 Å². The molecule has 1 aromatic rings. The molecule has 76 valence electrons. The van der Waals surface area contributed by atoms with Crippen LogP contribution in [0.15, 0.2) is 18.2 Å². The smallest absolute Gasteiger partial charge is 0.0409 e. The van der Waals surface area contributed by atoms with Crippen LogP contribution in [0.3, 0.4) is 0 Å². The lowest BCUT2D eigenvalue weighted by molar-refractivity contribution is 0.526. The third kappa shape index (κ3) is 1.94. The highest BCUT2D eigenvalue weighted by atomic mass is 35.5. The molecule has 1 nitrogen and oxygen atoms in total. The zero-order valence-electron chi connectivity index (χ0n) is 8.68. The number of hydrogen-bond donors (Lipinski definition) is 1. The summed E-state index contributed by atoms with van der Waals surface area (Å²) in [5, 5.41) is 4.23. The zero-order chi connectivity index (χ0) is 10.1. The minimum atomic E-state index is 0.494. The van der Waals surface area contributed by atoms with E-state index in [0.29, 0.717) is 6.04 Å². The summed E-state index contributed by atoms with van der Waals surface area (Å²) in [6, 6.07) is 6.65. The van der Waals surface area contributed by atoms with Gasteiger partial charge in [0.25, 0.3) is 0 Å². The van der Waals surface area contributed by atoms with Crippen molar-refractivity contribution in [1.29, 1.82) is 0 Å². The van der Waals surface area contributed by atoms with Gasteiger partial charge >= 0.3 is 0 Å². The first-order chi connectivity index (χ1) is 6.72. The Balaban J connectivity index is 2.32. The Morgan fingerprint density at radius 3 is 2.71 bits per heavy atom. The summed E-state index contributed by atoms with van der Waals surface area (Å²) in [5.74, 6) is 0.817. The summed E-state index contributed by atoms with van der Waals surface area (Å²) in [6.07, 6.45) is 2.69. The fourth-order valence-electron chi connectivity index (χ4n) is 2.02. The third-order valence-electron chi connectivity index (χ3n) is 2.98. The largest absolute Gasteiger partial charge is 0.313 e. The van der Waals surface area contributed by atoms with E-state index in [1.165, 1.54) is 24.0 Å². The molecule has 2 rings (SSSR count). The number of hydrogen-bond acceptors (Lipinski definition) is 1. The molecule has 1 saturated carbocycles. The Kier molecular flexibility index (Phi) is 2.80. The van der Waals surface area contributed by atoms with Gasteiger partial charge in [-0.05, 0) is 56.0 Å². The lowest BCUT2D eigenvalue weighted by Gasteiger charge is -2.18. The third-order valence-corrected chi connectivity index (χ3v) is 3.22. The first-order valence-corrected chi connectivity index (χ1v) is 5.53. The molecule has 0 aromatic heterocycles. The predicted molar refractivity (Wildman–Crippen MR) is 60.7 cm³/mol. The van der Waals surface area contributed by atoms with Crippen LogP contribution in [0.2, 0.25) is 5.02 Å². The Morgan fingerprint density at radius 2 is 2.14 bits per heavy atom. The van der Waals surface area contributed by atoms with Crippen molar-refractivity contribution in [1.82, 2.24) is 5.32 Å². The molecule has 1 aromatic carbocycles. The standard InChI is InChI=1S/C12H16ClN/c1-8-3-6-10(13)7-11(8)12(14-2)9-4-5-9/h3,6-7,9,12,14H,4-5H2,1-2H3. The quantitative estimate of drug-likeness (QED) is 0.806. The van der Waals surface area contributed by atoms with Crippen molar-refractivity contribution in [3.63, 3.8) is 0 Å². The number of rotatable bonds is 3. The average molecular weight is 210 g/mol. The van der Waals surface area contributed by atoms with E-state index in [1.54, 1.807) is 0 Å². The molecule has 0 heterocycles. The Hall–Kier alpha value is -0.530. The molecule has 0 bridgehead atoms. The van der Waals surface area contributed by atoms with Gasteiger partial charge in [-0.25, -0.2) is 0 Å². The maximum Gasteiger partial charge on any atom is 0.0409 e. The van der Waals surface area contributed by atoms with E-state index in [2.05, 4.69) is 24.4 Å². The molecule has 1 unspecified atom stereocenters. The molecule has 1 fully saturated rings. The van der Waals surface area contributed by atoms with Crippen molar-refractivity contribution in [2.45, 2.75) is 25.8 Å². The highest BCUT2D eigenvalue weighted by molar-refractivity contribution is 6.30. The van der Waals surface area contributed by atoms with E-state index in [1.807, 2.05) is 13.1 Å². The summed E-state index contributed by atoms with van der Waals surface area (Å²) < 4.78 is 0. The summed E-state index contributed by atoms with van der Waals surface area (Å²) >= 11 is 6.02. The van der Waals surface area contributed by atoms with Crippen LogP contribution in [0.1, 0.15) is 30.0 Å². The summed E-state index contributed by atoms with van der Waals surface area (Å²) in [4.78, 5) is 0. The van der Waals surface area contributed by atoms with Crippen molar-refractivity contribution in [2.75, 3.05) is 7.05 Å². The lowest BCUT2D eigenvalue weighted by Crippen LogP contribution is -2.19. The SMILES string of the molecule is CNC(c1cc(Cl)ccc1C)C1CC1. The van der Waals surface area contributed by atoms with Crippen molar-refractivity contribution in [3.05, 3.63) is 34.3 Å². The fourth-order valence-corrected chi connectivity index (χ4v) is 2.20. The molecule has 1 aliphatic rings. The van der Waals surface area contributed by atoms with Gasteiger partial charge in [-0.3, -0.25) is 0 Å². The highest BCUT2D eigenvalue weighted by Crippen LogP contribution is 2.42. The monoisotopic (exact) mass is 209 g/mol. The predicted octanol–water partition coefficient (Wildman–Crippen LogP) is 3.32. The van der Waals surface area contributed by atoms with Crippen molar-refractivity contribution in [3.8, 4) is 0 Å². The molecule has 2 heteroatoms. The van der Waals surface area contributed by atoms with Crippen molar-refractivity contribution < 1.29 is 0 Å². The van der Waals surface area contributed by atoms with Gasteiger partial charge in [0.15, 0.2) is 0 Å². The van der Waals surface area contributed by atoms with Crippen LogP contribution in [-0.4, -0.2) is 7.05 Å². The van der Waals surface area contributed by atoms with Crippen molar-refractivity contribution >= 4 is 11.6 Å². The first-order valence-electron chi connectivity index (χ1n) is 5.15. The first kappa shape index (κ1) is 10.0. The van der Waals surface area contributed by atoms with E-state index in [4.69, 9.17) is 11.6 Å². The van der Waals surface area contributed by atoms with Gasteiger partial charge in [0.1, 0.15) is 0 Å². The molecule has 1 N–H and O–H groups in total.